The van der Waals surface area contributed by atoms with Crippen molar-refractivity contribution in [2.24, 2.45) is 0 Å². The van der Waals surface area contributed by atoms with Crippen LogP contribution in [0.5, 0.6) is 5.75 Å². The smallest absolute Gasteiger partial charge is 0.325 e. The third-order valence-electron chi connectivity index (χ3n) is 8.35. The molecule has 5 rings (SSSR count). The molecule has 0 spiro atoms. The Morgan fingerprint density at radius 1 is 1.27 bits per heavy atom. The SMILES string of the molecule is COc1cc(CCCCCOC2CN(C(C(=O)O)c3cc(F)ccc3C3COC(C)(C)C3)C2)nc2c1CCCN2. The number of aryl methyl sites for hydroxylation is 1. The number of carboxylic acid groups (broad SMARTS) is 1. The zero-order valence-electron chi connectivity index (χ0n) is 23.9. The molecule has 40 heavy (non-hydrogen) atoms. The van der Waals surface area contributed by atoms with E-state index in [0.29, 0.717) is 31.9 Å². The van der Waals surface area contributed by atoms with E-state index in [0.717, 1.165) is 74.3 Å². The Labute approximate surface area is 236 Å². The van der Waals surface area contributed by atoms with E-state index in [1.165, 1.54) is 17.7 Å². The maximum Gasteiger partial charge on any atom is 0.325 e. The second-order valence-electron chi connectivity index (χ2n) is 11.9. The molecule has 0 bridgehead atoms. The molecule has 2 atom stereocenters. The van der Waals surface area contributed by atoms with Gasteiger partial charge in [-0.25, -0.2) is 9.37 Å². The lowest BCUT2D eigenvalue weighted by molar-refractivity contribution is -0.151. The zero-order chi connectivity index (χ0) is 28.3. The summed E-state index contributed by atoms with van der Waals surface area (Å²) < 4.78 is 31.8. The van der Waals surface area contributed by atoms with Crippen LogP contribution in [0, 0.1) is 5.82 Å². The standard InChI is InChI=1S/C31H42FN3O5/c1-31(2)16-20(19-40-31)24-11-10-21(32)14-26(24)28(30(36)37)35-17-23(18-35)39-13-6-4-5-8-22-15-27(38-3)25-9-7-12-33-29(25)34-22/h10-11,14-15,20,23,28H,4-9,12-13,16-19H2,1-3H3,(H,33,34)(H,36,37). The number of likely N-dealkylation sites (tertiary alicyclic amines) is 1. The molecule has 2 N–H and O–H groups in total. The number of nitrogens with one attached hydrogen (secondary N) is 1. The number of nitrogens with zero attached hydrogens (tertiary/aromatic N) is 2. The lowest BCUT2D eigenvalue weighted by Gasteiger charge is -2.43. The maximum atomic E-state index is 14.3. The van der Waals surface area contributed by atoms with E-state index in [2.05, 4.69) is 11.4 Å². The summed E-state index contributed by atoms with van der Waals surface area (Å²) in [5.74, 6) is 0.553. The number of unbranched alkanes of at least 4 members (excludes halogenated alkanes) is 2. The van der Waals surface area contributed by atoms with E-state index >= 15 is 0 Å². The molecule has 3 aliphatic heterocycles. The molecule has 9 heteroatoms. The Bertz CT molecular complexity index is 1180. The summed E-state index contributed by atoms with van der Waals surface area (Å²) >= 11 is 0. The number of carboxylic acids is 1. The minimum absolute atomic E-state index is 0.00902. The average molecular weight is 556 g/mol. The number of rotatable bonds is 12. The molecular weight excluding hydrogens is 513 g/mol. The molecule has 2 unspecified atom stereocenters. The molecule has 0 saturated carbocycles. The Kier molecular flexibility index (Phi) is 8.92. The molecule has 1 aromatic carbocycles. The Hall–Kier alpha value is -2.75. The minimum Gasteiger partial charge on any atom is -0.496 e. The summed E-state index contributed by atoms with van der Waals surface area (Å²) in [5.41, 5.74) is 3.34. The Balaban J connectivity index is 1.08. The molecular formula is C31H42FN3O5. The van der Waals surface area contributed by atoms with E-state index < -0.39 is 17.8 Å². The minimum atomic E-state index is -0.967. The van der Waals surface area contributed by atoms with Gasteiger partial charge in [0.2, 0.25) is 0 Å². The van der Waals surface area contributed by atoms with Crippen molar-refractivity contribution in [2.75, 3.05) is 45.3 Å². The topological polar surface area (TPSA) is 93.2 Å². The molecule has 0 radical (unpaired) electrons. The zero-order valence-corrected chi connectivity index (χ0v) is 23.9. The third kappa shape index (κ3) is 6.58. The monoisotopic (exact) mass is 555 g/mol. The third-order valence-corrected chi connectivity index (χ3v) is 8.35. The first-order valence-electron chi connectivity index (χ1n) is 14.6. The van der Waals surface area contributed by atoms with Gasteiger partial charge in [-0.1, -0.05) is 12.5 Å². The number of carbonyl (C=O) groups is 1. The van der Waals surface area contributed by atoms with E-state index in [1.54, 1.807) is 13.2 Å². The summed E-state index contributed by atoms with van der Waals surface area (Å²) in [6, 6.07) is 5.70. The number of hydrogen-bond donors (Lipinski definition) is 2. The van der Waals surface area contributed by atoms with Gasteiger partial charge >= 0.3 is 5.97 Å². The van der Waals surface area contributed by atoms with Crippen molar-refractivity contribution in [1.82, 2.24) is 9.88 Å². The van der Waals surface area contributed by atoms with Crippen molar-refractivity contribution in [3.8, 4) is 5.75 Å². The first-order valence-corrected chi connectivity index (χ1v) is 14.6. The van der Waals surface area contributed by atoms with Crippen LogP contribution >= 0.6 is 0 Å². The van der Waals surface area contributed by atoms with Crippen molar-refractivity contribution in [3.05, 3.63) is 52.5 Å². The number of pyridine rings is 1. The van der Waals surface area contributed by atoms with E-state index in [-0.39, 0.29) is 17.6 Å². The fourth-order valence-electron chi connectivity index (χ4n) is 6.27. The molecule has 8 nitrogen and oxygen atoms in total. The fourth-order valence-corrected chi connectivity index (χ4v) is 6.27. The number of aromatic nitrogens is 1. The van der Waals surface area contributed by atoms with Gasteiger partial charge in [-0.2, -0.15) is 0 Å². The summed E-state index contributed by atoms with van der Waals surface area (Å²) in [5, 5.41) is 13.5. The van der Waals surface area contributed by atoms with E-state index in [9.17, 15) is 14.3 Å². The first kappa shape index (κ1) is 28.8. The van der Waals surface area contributed by atoms with Crippen LogP contribution in [-0.4, -0.2) is 72.6 Å². The number of anilines is 1. The van der Waals surface area contributed by atoms with Crippen LogP contribution in [0.4, 0.5) is 10.2 Å². The van der Waals surface area contributed by atoms with Crippen LogP contribution in [0.15, 0.2) is 24.3 Å². The predicted octanol–water partition coefficient (Wildman–Crippen LogP) is 5.11. The van der Waals surface area contributed by atoms with Gasteiger partial charge in [0.05, 0.1) is 25.4 Å². The van der Waals surface area contributed by atoms with Crippen LogP contribution in [0.25, 0.3) is 0 Å². The number of fused-ring (bicyclic) bond motifs is 1. The van der Waals surface area contributed by atoms with E-state index in [4.69, 9.17) is 19.2 Å². The molecule has 2 saturated heterocycles. The van der Waals surface area contributed by atoms with Gasteiger partial charge in [-0.3, -0.25) is 9.69 Å². The Morgan fingerprint density at radius 3 is 2.83 bits per heavy atom. The lowest BCUT2D eigenvalue weighted by Crippen LogP contribution is -2.55. The van der Waals surface area contributed by atoms with Crippen LogP contribution in [0.3, 0.4) is 0 Å². The van der Waals surface area contributed by atoms with Gasteiger partial charge in [0.15, 0.2) is 0 Å². The Morgan fingerprint density at radius 2 is 2.10 bits per heavy atom. The van der Waals surface area contributed by atoms with Crippen molar-refractivity contribution in [1.29, 1.82) is 0 Å². The molecule has 2 fully saturated rings. The van der Waals surface area contributed by atoms with Crippen molar-refractivity contribution in [2.45, 2.75) is 82.5 Å². The number of aliphatic carboxylic acids is 1. The lowest BCUT2D eigenvalue weighted by atomic mass is 9.85. The molecule has 4 heterocycles. The maximum absolute atomic E-state index is 14.3. The van der Waals surface area contributed by atoms with Crippen LogP contribution in [0.2, 0.25) is 0 Å². The van der Waals surface area contributed by atoms with Crippen molar-refractivity contribution in [3.63, 3.8) is 0 Å². The molecule has 3 aliphatic rings. The molecule has 0 aliphatic carbocycles. The van der Waals surface area contributed by atoms with Crippen LogP contribution in [0.1, 0.15) is 80.3 Å². The summed E-state index contributed by atoms with van der Waals surface area (Å²) in [6.45, 7) is 7.20. The highest BCUT2D eigenvalue weighted by Crippen LogP contribution is 2.41. The van der Waals surface area contributed by atoms with Gasteiger partial charge in [-0.15, -0.1) is 0 Å². The molecule has 2 aromatic rings. The fraction of sp³-hybridized carbons (Fsp3) is 0.613. The largest absolute Gasteiger partial charge is 0.496 e. The highest BCUT2D eigenvalue weighted by molar-refractivity contribution is 5.76. The highest BCUT2D eigenvalue weighted by atomic mass is 19.1. The van der Waals surface area contributed by atoms with Gasteiger partial charge in [0, 0.05) is 49.5 Å². The predicted molar refractivity (Wildman–Crippen MR) is 151 cm³/mol. The summed E-state index contributed by atoms with van der Waals surface area (Å²) in [4.78, 5) is 19.0. The number of ether oxygens (including phenoxy) is 3. The van der Waals surface area contributed by atoms with Gasteiger partial charge in [0.25, 0.3) is 0 Å². The first-order chi connectivity index (χ1) is 19.2. The van der Waals surface area contributed by atoms with Crippen LogP contribution < -0.4 is 10.1 Å². The highest BCUT2D eigenvalue weighted by Gasteiger charge is 2.41. The number of halogens is 1. The summed E-state index contributed by atoms with van der Waals surface area (Å²) in [6.07, 6.45) is 6.73. The quantitative estimate of drug-likeness (QED) is 0.349. The second kappa shape index (κ2) is 12.4. The van der Waals surface area contributed by atoms with Gasteiger partial charge in [-0.05, 0) is 75.6 Å². The van der Waals surface area contributed by atoms with Crippen molar-refractivity contribution < 1.29 is 28.5 Å². The normalized spacial score (nSPS) is 21.4. The summed E-state index contributed by atoms with van der Waals surface area (Å²) in [7, 11) is 1.72. The second-order valence-corrected chi connectivity index (χ2v) is 11.9. The van der Waals surface area contributed by atoms with Gasteiger partial charge < -0.3 is 24.6 Å². The number of benzene rings is 1. The molecule has 1 aromatic heterocycles. The number of hydrogen-bond acceptors (Lipinski definition) is 7. The number of methoxy groups -OCH3 is 1. The average Bonchev–Trinajstić information content (AvgIpc) is 3.27. The van der Waals surface area contributed by atoms with E-state index in [1.807, 2.05) is 18.7 Å². The molecule has 0 amide bonds. The van der Waals surface area contributed by atoms with Gasteiger partial charge in [0.1, 0.15) is 23.4 Å². The molecule has 218 valence electrons. The van der Waals surface area contributed by atoms with Crippen LogP contribution in [-0.2, 0) is 27.1 Å². The van der Waals surface area contributed by atoms with Crippen molar-refractivity contribution >= 4 is 11.8 Å².